The van der Waals surface area contributed by atoms with Crippen LogP contribution in [0.15, 0.2) is 0 Å². The van der Waals surface area contributed by atoms with Gasteiger partial charge in [-0.15, -0.1) is 0 Å². The molecular weight excluding hydrogens is 354 g/mol. The second-order valence-corrected chi connectivity index (χ2v) is 4.84. The van der Waals surface area contributed by atoms with Crippen LogP contribution in [0.4, 0.5) is 26.3 Å². The molecule has 0 radical (unpaired) electrons. The van der Waals surface area contributed by atoms with E-state index in [4.69, 9.17) is 30.3 Å². The van der Waals surface area contributed by atoms with E-state index in [0.29, 0.717) is 12.1 Å². The molecule has 2 heterocycles. The largest absolute Gasteiger partial charge is 0.490 e. The number of nitrogens with zero attached hydrogens (tertiary/aromatic N) is 1. The van der Waals surface area contributed by atoms with Crippen LogP contribution in [0.5, 0.6) is 0 Å². The van der Waals surface area contributed by atoms with E-state index < -0.39 is 24.3 Å². The van der Waals surface area contributed by atoms with Crippen molar-refractivity contribution in [1.29, 1.82) is 0 Å². The van der Waals surface area contributed by atoms with Crippen LogP contribution in [0.2, 0.25) is 0 Å². The highest BCUT2D eigenvalue weighted by Gasteiger charge is 2.38. The van der Waals surface area contributed by atoms with Gasteiger partial charge < -0.3 is 20.7 Å². The number of alkyl halides is 6. The minimum absolute atomic E-state index is 0.417. The third-order valence-corrected chi connectivity index (χ3v) is 2.88. The van der Waals surface area contributed by atoms with Crippen LogP contribution in [0, 0.1) is 0 Å². The Labute approximate surface area is 132 Å². The summed E-state index contributed by atoms with van der Waals surface area (Å²) in [6.45, 7) is 4.10. The van der Waals surface area contributed by atoms with Gasteiger partial charge in [-0.1, -0.05) is 0 Å². The maximum absolute atomic E-state index is 10.6. The summed E-state index contributed by atoms with van der Waals surface area (Å²) in [7, 11) is 0. The summed E-state index contributed by atoms with van der Waals surface area (Å²) in [5, 5.41) is 14.2. The summed E-state index contributed by atoms with van der Waals surface area (Å²) < 4.78 is 68.6. The zero-order valence-electron chi connectivity index (χ0n) is 12.1. The summed E-state index contributed by atoms with van der Waals surface area (Å²) in [5.74, 6) is -5.51. The van der Waals surface area contributed by atoms with Gasteiger partial charge in [-0.2, -0.15) is 26.3 Å². The molecule has 7 nitrogen and oxygen atoms in total. The van der Waals surface area contributed by atoms with E-state index in [1.807, 2.05) is 0 Å². The lowest BCUT2D eigenvalue weighted by Gasteiger charge is -2.34. The number of carbonyl (C=O) groups is 2. The molecule has 2 aliphatic rings. The standard InChI is InChI=1S/C7H14N2O.2C2HF3O2/c8-6-1-2-9(3-6)7-4-10-5-7;2*3-2(4,5)1(6)7/h6-7H,1-5,8H2;2*(H,6,7)/t6-;;/m1../s1. The Morgan fingerprint density at radius 1 is 1.00 bits per heavy atom. The fourth-order valence-electron chi connectivity index (χ4n) is 1.58. The number of hydrogen-bond donors (Lipinski definition) is 3. The summed E-state index contributed by atoms with van der Waals surface area (Å²) in [4.78, 5) is 20.2. The molecule has 2 aliphatic heterocycles. The van der Waals surface area contributed by atoms with Gasteiger partial charge in [-0.3, -0.25) is 4.90 Å². The predicted octanol–water partition coefficient (Wildman–Crippen LogP) is 0.685. The summed E-state index contributed by atoms with van der Waals surface area (Å²) >= 11 is 0. The van der Waals surface area contributed by atoms with Gasteiger partial charge in [0, 0.05) is 19.1 Å². The van der Waals surface area contributed by atoms with Crippen LogP contribution in [0.1, 0.15) is 6.42 Å². The van der Waals surface area contributed by atoms with E-state index in [0.717, 1.165) is 26.2 Å². The van der Waals surface area contributed by atoms with Crippen molar-refractivity contribution in [2.45, 2.75) is 30.9 Å². The molecule has 0 saturated carbocycles. The number of carboxylic acid groups (broad SMARTS) is 2. The van der Waals surface area contributed by atoms with Gasteiger partial charge in [-0.25, -0.2) is 9.59 Å². The first-order valence-electron chi connectivity index (χ1n) is 6.42. The van der Waals surface area contributed by atoms with E-state index in [2.05, 4.69) is 4.90 Å². The smallest absolute Gasteiger partial charge is 0.475 e. The molecule has 0 aromatic carbocycles. The topological polar surface area (TPSA) is 113 Å². The molecular formula is C11H16F6N2O5. The van der Waals surface area contributed by atoms with Crippen molar-refractivity contribution >= 4 is 11.9 Å². The van der Waals surface area contributed by atoms with Gasteiger partial charge in [0.15, 0.2) is 0 Å². The van der Waals surface area contributed by atoms with Gasteiger partial charge in [0.05, 0.1) is 19.3 Å². The predicted molar refractivity (Wildman–Crippen MR) is 66.2 cm³/mol. The maximum Gasteiger partial charge on any atom is 0.490 e. The average Bonchev–Trinajstić information content (AvgIpc) is 2.72. The molecule has 0 aromatic rings. The van der Waals surface area contributed by atoms with Crippen molar-refractivity contribution in [2.75, 3.05) is 26.3 Å². The molecule has 0 spiro atoms. The van der Waals surface area contributed by atoms with Crippen molar-refractivity contribution in [3.8, 4) is 0 Å². The van der Waals surface area contributed by atoms with Crippen LogP contribution in [0.25, 0.3) is 0 Å². The van der Waals surface area contributed by atoms with Crippen molar-refractivity contribution in [2.24, 2.45) is 5.73 Å². The van der Waals surface area contributed by atoms with Crippen molar-refractivity contribution in [1.82, 2.24) is 4.90 Å². The molecule has 1 atom stereocenters. The number of likely N-dealkylation sites (tertiary alicyclic amines) is 1. The molecule has 4 N–H and O–H groups in total. The number of aliphatic carboxylic acids is 2. The van der Waals surface area contributed by atoms with E-state index >= 15 is 0 Å². The molecule has 13 heteroatoms. The summed E-state index contributed by atoms with van der Waals surface area (Å²) in [5.41, 5.74) is 5.76. The van der Waals surface area contributed by atoms with Gasteiger partial charge in [0.2, 0.25) is 0 Å². The molecule has 0 aromatic heterocycles. The van der Waals surface area contributed by atoms with Crippen molar-refractivity contribution in [3.05, 3.63) is 0 Å². The lowest BCUT2D eigenvalue weighted by Crippen LogP contribution is -2.48. The molecule has 24 heavy (non-hydrogen) atoms. The molecule has 2 rings (SSSR count). The van der Waals surface area contributed by atoms with Crippen LogP contribution in [0.3, 0.4) is 0 Å². The fourth-order valence-corrected chi connectivity index (χ4v) is 1.58. The summed E-state index contributed by atoms with van der Waals surface area (Å²) in [6.07, 6.45) is -9.00. The van der Waals surface area contributed by atoms with Crippen molar-refractivity contribution in [3.63, 3.8) is 0 Å². The minimum atomic E-state index is -5.08. The lowest BCUT2D eigenvalue weighted by atomic mass is 10.2. The van der Waals surface area contributed by atoms with Crippen LogP contribution < -0.4 is 5.73 Å². The summed E-state index contributed by atoms with van der Waals surface area (Å²) in [6, 6.07) is 1.11. The zero-order chi connectivity index (χ0) is 19.1. The number of hydrogen-bond acceptors (Lipinski definition) is 5. The second kappa shape index (κ2) is 9.03. The van der Waals surface area contributed by atoms with Crippen LogP contribution >= 0.6 is 0 Å². The second-order valence-electron chi connectivity index (χ2n) is 4.84. The Kier molecular flexibility index (Phi) is 8.43. The maximum atomic E-state index is 10.6. The van der Waals surface area contributed by atoms with E-state index in [-0.39, 0.29) is 0 Å². The molecule has 0 unspecified atom stereocenters. The quantitative estimate of drug-likeness (QED) is 0.582. The number of ether oxygens (including phenoxy) is 1. The Balaban J connectivity index is 0.000000343. The highest BCUT2D eigenvalue weighted by Crippen LogP contribution is 2.16. The van der Waals surface area contributed by atoms with Crippen molar-refractivity contribution < 1.29 is 50.9 Å². The highest BCUT2D eigenvalue weighted by molar-refractivity contribution is 5.73. The Morgan fingerprint density at radius 3 is 1.54 bits per heavy atom. The van der Waals surface area contributed by atoms with Gasteiger partial charge in [0.25, 0.3) is 0 Å². The number of carboxylic acids is 2. The van der Waals surface area contributed by atoms with Crippen LogP contribution in [-0.4, -0.2) is 77.8 Å². The van der Waals surface area contributed by atoms with Gasteiger partial charge in [0.1, 0.15) is 0 Å². The SMILES string of the molecule is N[C@@H]1CCN(C2COC2)C1.O=C(O)C(F)(F)F.O=C(O)C(F)(F)F. The molecule has 142 valence electrons. The fraction of sp³-hybridized carbons (Fsp3) is 0.818. The molecule has 2 saturated heterocycles. The molecule has 0 bridgehead atoms. The van der Waals surface area contributed by atoms with Crippen LogP contribution in [-0.2, 0) is 14.3 Å². The molecule has 0 aliphatic carbocycles. The first kappa shape index (κ1) is 22.4. The normalized spacial score (nSPS) is 21.7. The lowest BCUT2D eigenvalue weighted by molar-refractivity contribution is -0.193. The minimum Gasteiger partial charge on any atom is -0.475 e. The molecule has 2 fully saturated rings. The molecule has 0 amide bonds. The average molecular weight is 370 g/mol. The Morgan fingerprint density at radius 2 is 1.38 bits per heavy atom. The van der Waals surface area contributed by atoms with Gasteiger partial charge >= 0.3 is 24.3 Å². The highest BCUT2D eigenvalue weighted by atomic mass is 19.4. The Bertz CT molecular complexity index is 400. The van der Waals surface area contributed by atoms with E-state index in [9.17, 15) is 26.3 Å². The zero-order valence-corrected chi connectivity index (χ0v) is 12.1. The first-order chi connectivity index (χ1) is 10.7. The third-order valence-electron chi connectivity index (χ3n) is 2.88. The number of halogens is 6. The Hall–Kier alpha value is -1.60. The third kappa shape index (κ3) is 8.88. The number of nitrogens with two attached hydrogens (primary N) is 1. The monoisotopic (exact) mass is 370 g/mol. The van der Waals surface area contributed by atoms with E-state index in [1.54, 1.807) is 0 Å². The van der Waals surface area contributed by atoms with E-state index in [1.165, 1.54) is 6.54 Å². The number of rotatable bonds is 1. The van der Waals surface area contributed by atoms with Gasteiger partial charge in [-0.05, 0) is 6.42 Å². The first-order valence-corrected chi connectivity index (χ1v) is 6.42.